The predicted octanol–water partition coefficient (Wildman–Crippen LogP) is 1.78. The summed E-state index contributed by atoms with van der Waals surface area (Å²) in [6.07, 6.45) is 2.08. The molecule has 146 valence electrons. The molecule has 0 spiro atoms. The summed E-state index contributed by atoms with van der Waals surface area (Å²) in [6, 6.07) is 4.12. The fourth-order valence-corrected chi connectivity index (χ4v) is 2.95. The topological polar surface area (TPSA) is 87.8 Å². The molecule has 0 radical (unpaired) electrons. The lowest BCUT2D eigenvalue weighted by atomic mass is 10.2. The lowest BCUT2D eigenvalue weighted by molar-refractivity contribution is 0.0529. The van der Waals surface area contributed by atoms with Gasteiger partial charge in [-0.3, -0.25) is 4.99 Å². The van der Waals surface area contributed by atoms with Crippen molar-refractivity contribution in [3.05, 3.63) is 41.2 Å². The van der Waals surface area contributed by atoms with Gasteiger partial charge in [0.25, 0.3) is 0 Å². The first-order valence-corrected chi connectivity index (χ1v) is 9.24. The summed E-state index contributed by atoms with van der Waals surface area (Å²) in [6.45, 7) is 9.54. The van der Waals surface area contributed by atoms with Gasteiger partial charge in [-0.05, 0) is 38.5 Å². The highest BCUT2D eigenvalue weighted by molar-refractivity contribution is 5.79. The molecule has 8 nitrogen and oxygen atoms in total. The second-order valence-corrected chi connectivity index (χ2v) is 6.68. The van der Waals surface area contributed by atoms with Crippen LogP contribution in [0.3, 0.4) is 0 Å². The normalized spacial score (nSPS) is 17.9. The van der Waals surface area contributed by atoms with Gasteiger partial charge in [0.05, 0.1) is 24.9 Å². The van der Waals surface area contributed by atoms with E-state index >= 15 is 0 Å². The number of morpholine rings is 1. The van der Waals surface area contributed by atoms with Gasteiger partial charge in [-0.1, -0.05) is 0 Å². The minimum Gasteiger partial charge on any atom is -0.444 e. The van der Waals surface area contributed by atoms with Crippen LogP contribution in [0, 0.1) is 13.8 Å². The van der Waals surface area contributed by atoms with E-state index in [0.29, 0.717) is 24.9 Å². The standard InChI is InChI=1S/C19H28N6O2/c1-13-12-25(7-8-26-13)17-9-16(5-6-21-17)10-22-19(20-4)23-11-18-24-14(2)15(3)27-18/h5-6,9,13H,7-8,10-12H2,1-4H3,(H2,20,22,23). The second-order valence-electron chi connectivity index (χ2n) is 6.68. The Kier molecular flexibility index (Phi) is 6.28. The number of pyridine rings is 1. The summed E-state index contributed by atoms with van der Waals surface area (Å²) in [7, 11) is 1.74. The largest absolute Gasteiger partial charge is 0.444 e. The average Bonchev–Trinajstić information content (AvgIpc) is 3.00. The third-order valence-corrected chi connectivity index (χ3v) is 4.54. The first-order valence-electron chi connectivity index (χ1n) is 9.24. The molecule has 0 aromatic carbocycles. The van der Waals surface area contributed by atoms with Crippen LogP contribution in [0.2, 0.25) is 0 Å². The maximum absolute atomic E-state index is 5.61. The molecule has 1 fully saturated rings. The number of aryl methyl sites for hydroxylation is 2. The minimum absolute atomic E-state index is 0.229. The van der Waals surface area contributed by atoms with Crippen LogP contribution in [-0.4, -0.2) is 48.8 Å². The monoisotopic (exact) mass is 372 g/mol. The Labute approximate surface area is 160 Å². The van der Waals surface area contributed by atoms with Crippen molar-refractivity contribution in [3.8, 4) is 0 Å². The third-order valence-electron chi connectivity index (χ3n) is 4.54. The maximum Gasteiger partial charge on any atom is 0.214 e. The van der Waals surface area contributed by atoms with Gasteiger partial charge in [0.2, 0.25) is 5.89 Å². The molecular weight excluding hydrogens is 344 g/mol. The van der Waals surface area contributed by atoms with Crippen molar-refractivity contribution in [3.63, 3.8) is 0 Å². The Morgan fingerprint density at radius 1 is 1.33 bits per heavy atom. The van der Waals surface area contributed by atoms with E-state index in [1.54, 1.807) is 7.05 Å². The van der Waals surface area contributed by atoms with Crippen LogP contribution in [0.25, 0.3) is 0 Å². The zero-order valence-corrected chi connectivity index (χ0v) is 16.5. The number of ether oxygens (including phenoxy) is 1. The molecule has 0 saturated carbocycles. The highest BCUT2D eigenvalue weighted by Gasteiger charge is 2.18. The smallest absolute Gasteiger partial charge is 0.214 e. The SMILES string of the molecule is CN=C(NCc1ccnc(N2CCOC(C)C2)c1)NCc1nc(C)c(C)o1. The van der Waals surface area contributed by atoms with Crippen molar-refractivity contribution < 1.29 is 9.15 Å². The Balaban J connectivity index is 1.54. The molecule has 27 heavy (non-hydrogen) atoms. The summed E-state index contributed by atoms with van der Waals surface area (Å²) < 4.78 is 11.2. The van der Waals surface area contributed by atoms with Gasteiger partial charge in [-0.25, -0.2) is 9.97 Å². The quantitative estimate of drug-likeness (QED) is 0.611. The number of aliphatic imine (C=N–C) groups is 1. The van der Waals surface area contributed by atoms with E-state index in [1.165, 1.54) is 0 Å². The van der Waals surface area contributed by atoms with Gasteiger partial charge in [0.1, 0.15) is 11.6 Å². The van der Waals surface area contributed by atoms with Crippen molar-refractivity contribution in [2.75, 3.05) is 31.6 Å². The number of rotatable bonds is 5. The second kappa shape index (κ2) is 8.85. The van der Waals surface area contributed by atoms with Crippen LogP contribution in [-0.2, 0) is 17.8 Å². The molecule has 2 aromatic heterocycles. The molecule has 3 rings (SSSR count). The number of guanidine groups is 1. The number of nitrogens with zero attached hydrogens (tertiary/aromatic N) is 4. The van der Waals surface area contributed by atoms with Gasteiger partial charge in [-0.2, -0.15) is 0 Å². The Bertz CT molecular complexity index is 769. The highest BCUT2D eigenvalue weighted by atomic mass is 16.5. The predicted molar refractivity (Wildman–Crippen MR) is 105 cm³/mol. The number of hydrogen-bond acceptors (Lipinski definition) is 6. The zero-order chi connectivity index (χ0) is 19.2. The fraction of sp³-hybridized carbons (Fsp3) is 0.526. The Hall–Kier alpha value is -2.61. The van der Waals surface area contributed by atoms with E-state index in [1.807, 2.05) is 26.1 Å². The van der Waals surface area contributed by atoms with Gasteiger partial charge < -0.3 is 24.7 Å². The number of nitrogens with one attached hydrogen (secondary N) is 2. The first kappa shape index (κ1) is 19.2. The van der Waals surface area contributed by atoms with Gasteiger partial charge in [0.15, 0.2) is 5.96 Å². The van der Waals surface area contributed by atoms with E-state index in [0.717, 1.165) is 42.5 Å². The molecule has 1 unspecified atom stereocenters. The van der Waals surface area contributed by atoms with E-state index in [9.17, 15) is 0 Å². The number of hydrogen-bond donors (Lipinski definition) is 2. The van der Waals surface area contributed by atoms with Crippen LogP contribution in [0.15, 0.2) is 27.7 Å². The zero-order valence-electron chi connectivity index (χ0n) is 16.5. The average molecular weight is 372 g/mol. The Morgan fingerprint density at radius 3 is 2.85 bits per heavy atom. The van der Waals surface area contributed by atoms with Crippen LogP contribution in [0.4, 0.5) is 5.82 Å². The molecule has 0 bridgehead atoms. The maximum atomic E-state index is 5.61. The highest BCUT2D eigenvalue weighted by Crippen LogP contribution is 2.16. The van der Waals surface area contributed by atoms with Crippen molar-refractivity contribution in [1.29, 1.82) is 0 Å². The molecule has 0 aliphatic carbocycles. The molecule has 2 aromatic rings. The van der Waals surface area contributed by atoms with Crippen molar-refractivity contribution >= 4 is 11.8 Å². The lowest BCUT2D eigenvalue weighted by Gasteiger charge is -2.32. The summed E-state index contributed by atoms with van der Waals surface area (Å²) in [5.41, 5.74) is 2.06. The molecule has 1 aliphatic heterocycles. The fourth-order valence-electron chi connectivity index (χ4n) is 2.95. The van der Waals surface area contributed by atoms with Crippen LogP contribution >= 0.6 is 0 Å². The Morgan fingerprint density at radius 2 is 2.15 bits per heavy atom. The van der Waals surface area contributed by atoms with Crippen LogP contribution in [0.1, 0.15) is 29.8 Å². The minimum atomic E-state index is 0.229. The van der Waals surface area contributed by atoms with Crippen molar-refractivity contribution in [2.45, 2.75) is 40.0 Å². The van der Waals surface area contributed by atoms with Gasteiger partial charge >= 0.3 is 0 Å². The molecule has 1 saturated heterocycles. The molecule has 8 heteroatoms. The molecule has 3 heterocycles. The van der Waals surface area contributed by atoms with E-state index in [-0.39, 0.29) is 6.10 Å². The third kappa shape index (κ3) is 5.19. The van der Waals surface area contributed by atoms with Crippen LogP contribution in [0.5, 0.6) is 0 Å². The lowest BCUT2D eigenvalue weighted by Crippen LogP contribution is -2.41. The van der Waals surface area contributed by atoms with Gasteiger partial charge in [0, 0.05) is 32.9 Å². The summed E-state index contributed by atoms with van der Waals surface area (Å²) in [5.74, 6) is 3.18. The molecule has 0 amide bonds. The molecule has 1 atom stereocenters. The van der Waals surface area contributed by atoms with Crippen molar-refractivity contribution in [2.24, 2.45) is 4.99 Å². The number of anilines is 1. The van der Waals surface area contributed by atoms with Crippen LogP contribution < -0.4 is 15.5 Å². The summed E-state index contributed by atoms with van der Waals surface area (Å²) >= 11 is 0. The molecular formula is C19H28N6O2. The summed E-state index contributed by atoms with van der Waals surface area (Å²) in [4.78, 5) is 15.4. The molecule has 2 N–H and O–H groups in total. The molecule has 1 aliphatic rings. The van der Waals surface area contributed by atoms with Gasteiger partial charge in [-0.15, -0.1) is 0 Å². The number of aromatic nitrogens is 2. The van der Waals surface area contributed by atoms with E-state index < -0.39 is 0 Å². The van der Waals surface area contributed by atoms with E-state index in [4.69, 9.17) is 9.15 Å². The summed E-state index contributed by atoms with van der Waals surface area (Å²) in [5, 5.41) is 6.54. The first-order chi connectivity index (χ1) is 13.0. The van der Waals surface area contributed by atoms with E-state index in [2.05, 4.69) is 43.5 Å². The van der Waals surface area contributed by atoms with Crippen molar-refractivity contribution in [1.82, 2.24) is 20.6 Å². The number of oxazole rings is 1.